The number of aromatic carboxylic acids is 1. The maximum absolute atomic E-state index is 10.3. The molecule has 0 aliphatic carbocycles. The molecule has 1 aliphatic heterocycles. The Bertz CT molecular complexity index is 411. The van der Waals surface area contributed by atoms with Crippen LogP contribution in [0.2, 0.25) is 5.02 Å². The summed E-state index contributed by atoms with van der Waals surface area (Å²) < 4.78 is 14.3. The summed E-state index contributed by atoms with van der Waals surface area (Å²) in [6.07, 6.45) is 4.36. The minimum absolute atomic E-state index is 0.0602. The van der Waals surface area contributed by atoms with E-state index in [-0.39, 0.29) is 16.6 Å². The van der Waals surface area contributed by atoms with Crippen molar-refractivity contribution >= 4 is 17.6 Å². The third-order valence-electron chi connectivity index (χ3n) is 2.25. The predicted molar refractivity (Wildman–Crippen MR) is 61.3 cm³/mol. The van der Waals surface area contributed by atoms with Gasteiger partial charge in [-0.1, -0.05) is 23.7 Å². The number of hydrogen-bond donors (Lipinski definition) is 1. The number of halogens is 1. The molecule has 1 aromatic carbocycles. The number of piperidine rings is 1. The molecule has 0 amide bonds. The van der Waals surface area contributed by atoms with Crippen molar-refractivity contribution in [2.24, 2.45) is 0 Å². The maximum atomic E-state index is 10.3. The van der Waals surface area contributed by atoms with Gasteiger partial charge in [0.25, 0.3) is 0 Å². The second-order valence-electron chi connectivity index (χ2n) is 3.56. The lowest BCUT2D eigenvalue weighted by Gasteiger charge is -2.05. The number of rotatable bonds is 1. The van der Waals surface area contributed by atoms with E-state index < -0.39 is 12.0 Å². The van der Waals surface area contributed by atoms with Crippen LogP contribution >= 0.6 is 11.6 Å². The topological polar surface area (TPSA) is 56.7 Å². The Kier molecular flexibility index (Phi) is 4.59. The highest BCUT2D eigenvalue weighted by Gasteiger charge is 1.97. The summed E-state index contributed by atoms with van der Waals surface area (Å²) in [5.41, 5.74) is -0.315. The number of benzene rings is 1. The fourth-order valence-electron chi connectivity index (χ4n) is 1.38. The van der Waals surface area contributed by atoms with Gasteiger partial charge in [0.1, 0.15) is 0 Å². The number of carbonyl (C=O) groups excluding carboxylic acids is 1. The normalized spacial score (nSPS) is 16.6. The van der Waals surface area contributed by atoms with Gasteiger partial charge in [0.2, 0.25) is 0 Å². The molecule has 1 aliphatic rings. The lowest BCUT2D eigenvalue weighted by Crippen LogP contribution is -2.85. The Hall–Kier alpha value is -1.06. The van der Waals surface area contributed by atoms with Gasteiger partial charge in [-0.25, -0.2) is 0 Å². The molecule has 0 unspecified atom stereocenters. The number of carboxylic acid groups (broad SMARTS) is 1. The van der Waals surface area contributed by atoms with Gasteiger partial charge < -0.3 is 15.2 Å². The Morgan fingerprint density at radius 3 is 2.44 bits per heavy atom. The summed E-state index contributed by atoms with van der Waals surface area (Å²) in [6, 6.07) is 1.70. The first-order valence-corrected chi connectivity index (χ1v) is 5.70. The van der Waals surface area contributed by atoms with Crippen molar-refractivity contribution in [3.8, 4) is 0 Å². The summed E-state index contributed by atoms with van der Waals surface area (Å²) in [5, 5.41) is 12.8. The van der Waals surface area contributed by atoms with E-state index in [0.29, 0.717) is 0 Å². The highest BCUT2D eigenvalue weighted by atomic mass is 35.5. The molecule has 4 heteroatoms. The number of carbonyl (C=O) groups is 1. The fraction of sp³-hybridized carbons (Fsp3) is 0.417. The molecule has 1 aromatic rings. The van der Waals surface area contributed by atoms with Crippen molar-refractivity contribution in [1.29, 1.82) is 0 Å². The smallest absolute Gasteiger partial charge is 0.0755 e. The molecule has 2 rings (SSSR count). The molecular formula is C12H16ClNO2. The van der Waals surface area contributed by atoms with Crippen molar-refractivity contribution in [2.45, 2.75) is 19.3 Å². The molecule has 3 nitrogen and oxygen atoms in total. The first-order chi connectivity index (χ1) is 8.54. The van der Waals surface area contributed by atoms with Crippen molar-refractivity contribution in [2.75, 3.05) is 13.1 Å². The van der Waals surface area contributed by atoms with E-state index >= 15 is 0 Å². The fourth-order valence-corrected chi connectivity index (χ4v) is 1.49. The van der Waals surface area contributed by atoms with Gasteiger partial charge >= 0.3 is 0 Å². The zero-order valence-electron chi connectivity index (χ0n) is 11.0. The van der Waals surface area contributed by atoms with Crippen LogP contribution in [0.5, 0.6) is 0 Å². The first-order valence-electron chi connectivity index (χ1n) is 6.32. The van der Waals surface area contributed by atoms with Gasteiger partial charge in [0.15, 0.2) is 0 Å². The van der Waals surface area contributed by atoms with Crippen LogP contribution < -0.4 is 10.4 Å². The summed E-state index contributed by atoms with van der Waals surface area (Å²) >= 11 is 5.47. The van der Waals surface area contributed by atoms with Gasteiger partial charge in [-0.3, -0.25) is 0 Å². The van der Waals surface area contributed by atoms with Gasteiger partial charge in [-0.15, -0.1) is 0 Å². The molecule has 1 fully saturated rings. The maximum Gasteiger partial charge on any atom is 0.0755 e. The molecule has 0 spiro atoms. The van der Waals surface area contributed by atoms with E-state index in [4.69, 9.17) is 14.3 Å². The molecule has 0 aromatic heterocycles. The minimum Gasteiger partial charge on any atom is -0.545 e. The minimum atomic E-state index is -1.47. The van der Waals surface area contributed by atoms with E-state index in [0.717, 1.165) is 6.07 Å². The van der Waals surface area contributed by atoms with Crippen LogP contribution in [0.1, 0.15) is 32.4 Å². The summed E-state index contributed by atoms with van der Waals surface area (Å²) in [4.78, 5) is 10.3. The van der Waals surface area contributed by atoms with Crippen LogP contribution in [0.3, 0.4) is 0 Å². The van der Waals surface area contributed by atoms with Gasteiger partial charge in [0.05, 0.1) is 21.8 Å². The molecule has 1 saturated heterocycles. The average molecular weight is 244 g/mol. The standard InChI is InChI=1S/C7H5ClO2.C5H11N/c8-6-3-1-5(2-4-6)7(9)10;1-2-4-6-5-3-1/h1-4H,(H,9,10);6H,1-5H2/i1D,3D;. The van der Waals surface area contributed by atoms with Gasteiger partial charge in [-0.2, -0.15) is 0 Å². The highest BCUT2D eigenvalue weighted by molar-refractivity contribution is 6.30. The number of carboxylic acids is 1. The molecule has 16 heavy (non-hydrogen) atoms. The third kappa shape index (κ3) is 5.14. The summed E-state index contributed by atoms with van der Waals surface area (Å²) in [5.74, 6) is -1.47. The Labute approximate surface area is 103 Å². The SMILES string of the molecule is C1CC[NH2+]CC1.[2H]c1c(Cl)ccc(C(=O)[O-])c1[2H]. The second kappa shape index (κ2) is 7.25. The molecule has 88 valence electrons. The zero-order chi connectivity index (χ0) is 13.5. The highest BCUT2D eigenvalue weighted by Crippen LogP contribution is 2.08. The van der Waals surface area contributed by atoms with Crippen LogP contribution in [0.15, 0.2) is 24.2 Å². The molecule has 0 saturated carbocycles. The van der Waals surface area contributed by atoms with Gasteiger partial charge in [-0.05, 0) is 36.9 Å². The largest absolute Gasteiger partial charge is 0.545 e. The quantitative estimate of drug-likeness (QED) is 0.778. The van der Waals surface area contributed by atoms with E-state index in [1.165, 1.54) is 38.4 Å². The van der Waals surface area contributed by atoms with Crippen LogP contribution in [0.25, 0.3) is 0 Å². The summed E-state index contributed by atoms with van der Waals surface area (Å²) in [7, 11) is 0. The lowest BCUT2D eigenvalue weighted by molar-refractivity contribution is -0.662. The van der Waals surface area contributed by atoms with E-state index in [2.05, 4.69) is 5.32 Å². The monoisotopic (exact) mass is 243 g/mol. The van der Waals surface area contributed by atoms with Crippen LogP contribution in [-0.2, 0) is 0 Å². The number of quaternary nitrogens is 1. The molecule has 0 atom stereocenters. The number of nitrogens with two attached hydrogens (primary N) is 1. The molecular weight excluding hydrogens is 226 g/mol. The van der Waals surface area contributed by atoms with E-state index in [1.807, 2.05) is 0 Å². The van der Waals surface area contributed by atoms with E-state index in [9.17, 15) is 9.90 Å². The first kappa shape index (κ1) is 10.1. The van der Waals surface area contributed by atoms with Crippen LogP contribution in [-0.4, -0.2) is 19.1 Å². The molecule has 0 radical (unpaired) electrons. The van der Waals surface area contributed by atoms with Gasteiger partial charge in [0, 0.05) is 5.02 Å². The van der Waals surface area contributed by atoms with E-state index in [1.54, 1.807) is 0 Å². The lowest BCUT2D eigenvalue weighted by atomic mass is 10.2. The Balaban J connectivity index is 0.000000225. The Morgan fingerprint density at radius 2 is 2.00 bits per heavy atom. The Morgan fingerprint density at radius 1 is 1.31 bits per heavy atom. The van der Waals surface area contributed by atoms with Crippen molar-refractivity contribution in [3.05, 3.63) is 34.8 Å². The van der Waals surface area contributed by atoms with Crippen molar-refractivity contribution in [3.63, 3.8) is 0 Å². The average Bonchev–Trinajstić information content (AvgIpc) is 2.38. The van der Waals surface area contributed by atoms with Crippen molar-refractivity contribution in [1.82, 2.24) is 0 Å². The second-order valence-corrected chi connectivity index (χ2v) is 3.97. The third-order valence-corrected chi connectivity index (χ3v) is 2.47. The summed E-state index contributed by atoms with van der Waals surface area (Å²) in [6.45, 7) is 2.75. The number of hydrogen-bond acceptors (Lipinski definition) is 2. The van der Waals surface area contributed by atoms with Crippen molar-refractivity contribution < 1.29 is 18.0 Å². The molecule has 1 heterocycles. The predicted octanol–water partition coefficient (Wildman–Crippen LogP) is 0.437. The molecule has 2 N–H and O–H groups in total. The zero-order valence-corrected chi connectivity index (χ0v) is 9.72. The molecule has 0 bridgehead atoms. The van der Waals surface area contributed by atoms with Crippen LogP contribution in [0.4, 0.5) is 0 Å². The van der Waals surface area contributed by atoms with Crippen LogP contribution in [0, 0.1) is 0 Å².